The molecule has 1 N–H and O–H groups in total. The lowest BCUT2D eigenvalue weighted by Crippen LogP contribution is -2.26. The monoisotopic (exact) mass is 255 g/mol. The van der Waals surface area contributed by atoms with Crippen LogP contribution in [0.5, 0.6) is 5.75 Å². The average molecular weight is 256 g/mol. The van der Waals surface area contributed by atoms with Crippen molar-refractivity contribution in [3.8, 4) is 5.75 Å². The molecule has 0 aliphatic carbocycles. The van der Waals surface area contributed by atoms with Crippen LogP contribution in [-0.2, 0) is 0 Å². The SMILES string of the molecule is CNC(c1ccc(Cl)c(OC)c1)C(C)C(C)C. The van der Waals surface area contributed by atoms with Gasteiger partial charge in [-0.05, 0) is 36.6 Å². The van der Waals surface area contributed by atoms with Gasteiger partial charge >= 0.3 is 0 Å². The summed E-state index contributed by atoms with van der Waals surface area (Å²) in [5, 5.41) is 4.03. The molecule has 0 aromatic heterocycles. The summed E-state index contributed by atoms with van der Waals surface area (Å²) < 4.78 is 5.26. The third-order valence-corrected chi connectivity index (χ3v) is 3.73. The minimum Gasteiger partial charge on any atom is -0.495 e. The Kier molecular flexibility index (Phi) is 5.29. The van der Waals surface area contributed by atoms with E-state index in [2.05, 4.69) is 32.2 Å². The molecule has 0 amide bonds. The van der Waals surface area contributed by atoms with E-state index in [4.69, 9.17) is 16.3 Å². The van der Waals surface area contributed by atoms with Crippen LogP contribution in [0.3, 0.4) is 0 Å². The van der Waals surface area contributed by atoms with Crippen molar-refractivity contribution in [3.63, 3.8) is 0 Å². The Hall–Kier alpha value is -0.730. The first kappa shape index (κ1) is 14.3. The van der Waals surface area contributed by atoms with Crippen molar-refractivity contribution in [1.29, 1.82) is 0 Å². The van der Waals surface area contributed by atoms with Gasteiger partial charge in [0.15, 0.2) is 0 Å². The minimum atomic E-state index is 0.321. The Morgan fingerprint density at radius 2 is 1.88 bits per heavy atom. The molecule has 0 saturated heterocycles. The predicted molar refractivity (Wildman–Crippen MR) is 73.8 cm³/mol. The summed E-state index contributed by atoms with van der Waals surface area (Å²) >= 11 is 6.04. The van der Waals surface area contributed by atoms with Crippen LogP contribution in [0.2, 0.25) is 5.02 Å². The number of hydrogen-bond donors (Lipinski definition) is 1. The second-order valence-corrected chi connectivity index (χ2v) is 5.17. The Balaban J connectivity index is 3.04. The molecule has 0 fully saturated rings. The van der Waals surface area contributed by atoms with Gasteiger partial charge in [0.05, 0.1) is 12.1 Å². The van der Waals surface area contributed by atoms with E-state index in [1.54, 1.807) is 7.11 Å². The summed E-state index contributed by atoms with van der Waals surface area (Å²) in [6, 6.07) is 6.29. The molecule has 17 heavy (non-hydrogen) atoms. The van der Waals surface area contributed by atoms with Crippen LogP contribution in [0.4, 0.5) is 0 Å². The lowest BCUT2D eigenvalue weighted by Gasteiger charge is -2.27. The molecule has 96 valence electrons. The number of benzene rings is 1. The highest BCUT2D eigenvalue weighted by Gasteiger charge is 2.21. The molecule has 2 nitrogen and oxygen atoms in total. The topological polar surface area (TPSA) is 21.3 Å². The van der Waals surface area contributed by atoms with Crippen molar-refractivity contribution in [1.82, 2.24) is 5.32 Å². The van der Waals surface area contributed by atoms with E-state index in [0.29, 0.717) is 22.9 Å². The summed E-state index contributed by atoms with van der Waals surface area (Å²) in [5.74, 6) is 1.90. The van der Waals surface area contributed by atoms with Gasteiger partial charge in [-0.1, -0.05) is 38.4 Å². The van der Waals surface area contributed by atoms with Gasteiger partial charge in [-0.3, -0.25) is 0 Å². The van der Waals surface area contributed by atoms with Gasteiger partial charge in [-0.25, -0.2) is 0 Å². The summed E-state index contributed by atoms with van der Waals surface area (Å²) in [6.45, 7) is 6.73. The van der Waals surface area contributed by atoms with Crippen molar-refractivity contribution in [2.75, 3.05) is 14.2 Å². The molecule has 0 spiro atoms. The summed E-state index contributed by atoms with van der Waals surface area (Å²) in [5.41, 5.74) is 1.22. The zero-order valence-corrected chi connectivity index (χ0v) is 12.0. The maximum atomic E-state index is 6.04. The maximum Gasteiger partial charge on any atom is 0.137 e. The molecular formula is C14H22ClNO. The van der Waals surface area contributed by atoms with Crippen molar-refractivity contribution in [2.45, 2.75) is 26.8 Å². The van der Waals surface area contributed by atoms with Crippen LogP contribution in [-0.4, -0.2) is 14.2 Å². The molecule has 2 unspecified atom stereocenters. The number of methoxy groups -OCH3 is 1. The molecule has 1 aromatic rings. The van der Waals surface area contributed by atoms with Gasteiger partial charge in [0, 0.05) is 6.04 Å². The lowest BCUT2D eigenvalue weighted by molar-refractivity contribution is 0.316. The van der Waals surface area contributed by atoms with E-state index in [1.807, 2.05) is 19.2 Å². The fraction of sp³-hybridized carbons (Fsp3) is 0.571. The molecule has 0 radical (unpaired) electrons. The van der Waals surface area contributed by atoms with Crippen LogP contribution >= 0.6 is 11.6 Å². The molecule has 1 rings (SSSR count). The van der Waals surface area contributed by atoms with Crippen LogP contribution in [0.1, 0.15) is 32.4 Å². The van der Waals surface area contributed by atoms with Crippen LogP contribution < -0.4 is 10.1 Å². The molecule has 0 heterocycles. The van der Waals surface area contributed by atoms with Crippen molar-refractivity contribution in [2.24, 2.45) is 11.8 Å². The number of nitrogens with one attached hydrogen (secondary N) is 1. The first-order valence-electron chi connectivity index (χ1n) is 6.02. The first-order chi connectivity index (χ1) is 8.01. The summed E-state index contributed by atoms with van der Waals surface area (Å²) in [7, 11) is 3.63. The zero-order valence-electron chi connectivity index (χ0n) is 11.3. The molecule has 0 aliphatic rings. The Morgan fingerprint density at radius 3 is 2.35 bits per heavy atom. The quantitative estimate of drug-likeness (QED) is 0.862. The molecule has 0 saturated carbocycles. The summed E-state index contributed by atoms with van der Waals surface area (Å²) in [4.78, 5) is 0. The Labute approximate surface area is 109 Å². The highest BCUT2D eigenvalue weighted by atomic mass is 35.5. The fourth-order valence-corrected chi connectivity index (χ4v) is 2.18. The van der Waals surface area contributed by atoms with E-state index in [0.717, 1.165) is 5.75 Å². The van der Waals surface area contributed by atoms with Crippen LogP contribution in [0.25, 0.3) is 0 Å². The maximum absolute atomic E-state index is 6.04. The van der Waals surface area contributed by atoms with E-state index in [1.165, 1.54) is 5.56 Å². The average Bonchev–Trinajstić information content (AvgIpc) is 2.31. The molecule has 0 aliphatic heterocycles. The van der Waals surface area contributed by atoms with E-state index < -0.39 is 0 Å². The molecule has 1 aromatic carbocycles. The first-order valence-corrected chi connectivity index (χ1v) is 6.39. The predicted octanol–water partition coefficient (Wildman–Crippen LogP) is 3.90. The van der Waals surface area contributed by atoms with E-state index in [-0.39, 0.29) is 0 Å². The molecule has 2 atom stereocenters. The third kappa shape index (κ3) is 3.36. The number of ether oxygens (including phenoxy) is 1. The zero-order chi connectivity index (χ0) is 13.0. The third-order valence-electron chi connectivity index (χ3n) is 3.42. The van der Waals surface area contributed by atoms with Gasteiger partial charge in [0.2, 0.25) is 0 Å². The number of halogens is 1. The second kappa shape index (κ2) is 6.27. The van der Waals surface area contributed by atoms with Crippen molar-refractivity contribution < 1.29 is 4.74 Å². The van der Waals surface area contributed by atoms with Gasteiger partial charge in [-0.2, -0.15) is 0 Å². The van der Waals surface area contributed by atoms with Gasteiger partial charge < -0.3 is 10.1 Å². The normalized spacial score (nSPS) is 14.8. The minimum absolute atomic E-state index is 0.321. The van der Waals surface area contributed by atoms with Gasteiger partial charge in [0.1, 0.15) is 5.75 Å². The van der Waals surface area contributed by atoms with Gasteiger partial charge in [0.25, 0.3) is 0 Å². The van der Waals surface area contributed by atoms with Crippen LogP contribution in [0.15, 0.2) is 18.2 Å². The number of hydrogen-bond acceptors (Lipinski definition) is 2. The highest BCUT2D eigenvalue weighted by molar-refractivity contribution is 6.32. The van der Waals surface area contributed by atoms with Gasteiger partial charge in [-0.15, -0.1) is 0 Å². The Morgan fingerprint density at radius 1 is 1.24 bits per heavy atom. The smallest absolute Gasteiger partial charge is 0.137 e. The summed E-state index contributed by atoms with van der Waals surface area (Å²) in [6.07, 6.45) is 0. The van der Waals surface area contributed by atoms with Crippen LogP contribution in [0, 0.1) is 11.8 Å². The second-order valence-electron chi connectivity index (χ2n) is 4.76. The molecule has 0 bridgehead atoms. The molecular weight excluding hydrogens is 234 g/mol. The highest BCUT2D eigenvalue weighted by Crippen LogP contribution is 2.32. The fourth-order valence-electron chi connectivity index (χ4n) is 1.99. The van der Waals surface area contributed by atoms with Crippen molar-refractivity contribution >= 4 is 11.6 Å². The Bertz CT molecular complexity index is 365. The van der Waals surface area contributed by atoms with E-state index in [9.17, 15) is 0 Å². The largest absolute Gasteiger partial charge is 0.495 e. The molecule has 3 heteroatoms. The lowest BCUT2D eigenvalue weighted by atomic mass is 9.86. The number of rotatable bonds is 5. The van der Waals surface area contributed by atoms with E-state index >= 15 is 0 Å². The standard InChI is InChI=1S/C14H22ClNO/c1-9(2)10(3)14(16-4)11-6-7-12(15)13(8-11)17-5/h6-10,14,16H,1-5H3. The van der Waals surface area contributed by atoms with Crippen molar-refractivity contribution in [3.05, 3.63) is 28.8 Å².